The smallest absolute Gasteiger partial charge is 0.254 e. The fourth-order valence-electron chi connectivity index (χ4n) is 2.47. The molecule has 1 heterocycles. The number of para-hydroxylation sites is 1. The first-order valence-electron chi connectivity index (χ1n) is 6.38. The van der Waals surface area contributed by atoms with Crippen molar-refractivity contribution in [1.82, 2.24) is 9.80 Å². The maximum absolute atomic E-state index is 13.6. The van der Waals surface area contributed by atoms with Gasteiger partial charge in [0.05, 0.1) is 5.69 Å². The van der Waals surface area contributed by atoms with E-state index in [4.69, 9.17) is 0 Å². The second-order valence-electron chi connectivity index (χ2n) is 5.17. The quantitative estimate of drug-likeness (QED) is 0.837. The highest BCUT2D eigenvalue weighted by atomic mass is 19.1. The molecule has 1 aromatic carbocycles. The number of rotatable bonds is 3. The topological polar surface area (TPSA) is 52.7 Å². The number of hydrogen-bond acceptors (Lipinski definition) is 3. The minimum Gasteiger partial charge on any atom is -0.344 e. The zero-order chi connectivity index (χ0) is 14.9. The van der Waals surface area contributed by atoms with Crippen LogP contribution in [-0.2, 0) is 9.59 Å². The number of hydrogen-bond donors (Lipinski definition) is 1. The summed E-state index contributed by atoms with van der Waals surface area (Å²) < 4.78 is 13.6. The first-order chi connectivity index (χ1) is 9.39. The van der Waals surface area contributed by atoms with Gasteiger partial charge in [-0.25, -0.2) is 4.39 Å². The monoisotopic (exact) mass is 279 g/mol. The fraction of sp³-hybridized carbons (Fsp3) is 0.429. The molecule has 0 bridgehead atoms. The molecule has 1 atom stereocenters. The summed E-state index contributed by atoms with van der Waals surface area (Å²) in [7, 11) is 5.01. The minimum absolute atomic E-state index is 0.0843. The predicted molar refractivity (Wildman–Crippen MR) is 73.7 cm³/mol. The van der Waals surface area contributed by atoms with E-state index in [-0.39, 0.29) is 11.6 Å². The fourth-order valence-corrected chi connectivity index (χ4v) is 2.47. The van der Waals surface area contributed by atoms with Gasteiger partial charge in [-0.15, -0.1) is 0 Å². The molecule has 0 aromatic heterocycles. The van der Waals surface area contributed by atoms with Gasteiger partial charge in [-0.1, -0.05) is 12.1 Å². The number of nitrogens with one attached hydrogen (secondary N) is 1. The Balaban J connectivity index is 2.30. The number of benzene rings is 1. The van der Waals surface area contributed by atoms with Gasteiger partial charge in [-0.05, 0) is 26.2 Å². The Labute approximate surface area is 117 Å². The number of likely N-dealkylation sites (tertiary alicyclic amines) is 1. The molecular weight excluding hydrogens is 261 g/mol. The van der Waals surface area contributed by atoms with Crippen molar-refractivity contribution >= 4 is 17.5 Å². The van der Waals surface area contributed by atoms with Crippen LogP contribution in [0.4, 0.5) is 10.1 Å². The van der Waals surface area contributed by atoms with Gasteiger partial charge in [-0.3, -0.25) is 14.5 Å². The van der Waals surface area contributed by atoms with E-state index in [2.05, 4.69) is 5.32 Å². The lowest BCUT2D eigenvalue weighted by molar-refractivity contribution is -0.143. The van der Waals surface area contributed by atoms with Crippen LogP contribution in [0.3, 0.4) is 0 Å². The Morgan fingerprint density at radius 1 is 1.40 bits per heavy atom. The van der Waals surface area contributed by atoms with E-state index in [9.17, 15) is 14.0 Å². The Kier molecular flexibility index (Phi) is 3.76. The summed E-state index contributed by atoms with van der Waals surface area (Å²) in [5.74, 6) is -1.29. The second kappa shape index (κ2) is 5.20. The third-order valence-electron chi connectivity index (χ3n) is 3.77. The van der Waals surface area contributed by atoms with Crippen LogP contribution < -0.4 is 5.32 Å². The van der Waals surface area contributed by atoms with Crippen molar-refractivity contribution < 1.29 is 14.0 Å². The first kappa shape index (κ1) is 14.5. The number of carbonyl (C=O) groups excluding carboxylic acids is 2. The normalized spacial score (nSPS) is 22.4. The van der Waals surface area contributed by atoms with Crippen molar-refractivity contribution in [2.75, 3.05) is 33.0 Å². The van der Waals surface area contributed by atoms with Crippen molar-refractivity contribution in [3.63, 3.8) is 0 Å². The van der Waals surface area contributed by atoms with Crippen LogP contribution in [0, 0.1) is 5.82 Å². The summed E-state index contributed by atoms with van der Waals surface area (Å²) in [5, 5.41) is 2.52. The van der Waals surface area contributed by atoms with Crippen molar-refractivity contribution in [3.05, 3.63) is 30.1 Å². The molecule has 20 heavy (non-hydrogen) atoms. The molecule has 1 aliphatic rings. The standard InChI is InChI=1S/C14H18FN3O2/c1-17(2)14(8-9-18(3)13(14)20)12(19)16-11-7-5-4-6-10(11)15/h4-7H,8-9H2,1-3H3,(H,16,19). The molecule has 1 saturated heterocycles. The van der Waals surface area contributed by atoms with Crippen LogP contribution in [0.2, 0.25) is 0 Å². The summed E-state index contributed by atoms with van der Waals surface area (Å²) in [5.41, 5.74) is -1.18. The van der Waals surface area contributed by atoms with Crippen LogP contribution in [0.15, 0.2) is 24.3 Å². The number of anilines is 1. The van der Waals surface area contributed by atoms with Crippen molar-refractivity contribution in [2.24, 2.45) is 0 Å². The maximum Gasteiger partial charge on any atom is 0.254 e. The van der Waals surface area contributed by atoms with Gasteiger partial charge in [0, 0.05) is 20.0 Å². The van der Waals surface area contributed by atoms with Gasteiger partial charge in [0.25, 0.3) is 11.8 Å². The Hall–Kier alpha value is -1.95. The number of likely N-dealkylation sites (N-methyl/N-ethyl adjacent to an activating group) is 2. The minimum atomic E-state index is -1.27. The Morgan fingerprint density at radius 2 is 2.05 bits per heavy atom. The highest BCUT2D eigenvalue weighted by Gasteiger charge is 2.53. The van der Waals surface area contributed by atoms with Crippen molar-refractivity contribution in [3.8, 4) is 0 Å². The Morgan fingerprint density at radius 3 is 2.55 bits per heavy atom. The lowest BCUT2D eigenvalue weighted by atomic mass is 9.94. The highest BCUT2D eigenvalue weighted by Crippen LogP contribution is 2.29. The summed E-state index contributed by atoms with van der Waals surface area (Å²) in [6, 6.07) is 5.91. The third-order valence-corrected chi connectivity index (χ3v) is 3.77. The van der Waals surface area contributed by atoms with Crippen LogP contribution in [0.5, 0.6) is 0 Å². The largest absolute Gasteiger partial charge is 0.344 e. The molecule has 1 unspecified atom stereocenters. The van der Waals surface area contributed by atoms with Crippen molar-refractivity contribution in [1.29, 1.82) is 0 Å². The molecule has 5 nitrogen and oxygen atoms in total. The van der Waals surface area contributed by atoms with Crippen LogP contribution in [0.25, 0.3) is 0 Å². The summed E-state index contributed by atoms with van der Waals surface area (Å²) in [6.07, 6.45) is 0.385. The van der Waals surface area contributed by atoms with Gasteiger partial charge < -0.3 is 10.2 Å². The summed E-state index contributed by atoms with van der Waals surface area (Å²) >= 11 is 0. The summed E-state index contributed by atoms with van der Waals surface area (Å²) in [4.78, 5) is 27.9. The maximum atomic E-state index is 13.6. The second-order valence-corrected chi connectivity index (χ2v) is 5.17. The van der Waals surface area contributed by atoms with E-state index >= 15 is 0 Å². The number of amides is 2. The average molecular weight is 279 g/mol. The van der Waals surface area contributed by atoms with E-state index in [0.29, 0.717) is 13.0 Å². The molecule has 0 radical (unpaired) electrons. The highest BCUT2D eigenvalue weighted by molar-refractivity contribution is 6.15. The molecule has 1 aromatic rings. The van der Waals surface area contributed by atoms with E-state index < -0.39 is 17.3 Å². The van der Waals surface area contributed by atoms with E-state index in [0.717, 1.165) is 0 Å². The van der Waals surface area contributed by atoms with E-state index in [1.807, 2.05) is 0 Å². The lowest BCUT2D eigenvalue weighted by Gasteiger charge is -2.32. The molecule has 1 aliphatic heterocycles. The molecule has 6 heteroatoms. The SMILES string of the molecule is CN1CCC(C(=O)Nc2ccccc2F)(N(C)C)C1=O. The molecule has 108 valence electrons. The lowest BCUT2D eigenvalue weighted by Crippen LogP contribution is -2.58. The average Bonchev–Trinajstić information content (AvgIpc) is 2.70. The number of halogens is 1. The molecule has 1 N–H and O–H groups in total. The molecule has 1 fully saturated rings. The molecule has 2 rings (SSSR count). The number of nitrogens with zero attached hydrogens (tertiary/aromatic N) is 2. The van der Waals surface area contributed by atoms with Crippen LogP contribution in [-0.4, -0.2) is 54.8 Å². The predicted octanol–water partition coefficient (Wildman–Crippen LogP) is 0.927. The zero-order valence-electron chi connectivity index (χ0n) is 11.8. The van der Waals surface area contributed by atoms with Crippen molar-refractivity contribution in [2.45, 2.75) is 12.0 Å². The van der Waals surface area contributed by atoms with Gasteiger partial charge in [-0.2, -0.15) is 0 Å². The van der Waals surface area contributed by atoms with Gasteiger partial charge in [0.1, 0.15) is 5.82 Å². The first-order valence-corrected chi connectivity index (χ1v) is 6.38. The molecular formula is C14H18FN3O2. The molecule has 2 amide bonds. The van der Waals surface area contributed by atoms with Crippen LogP contribution >= 0.6 is 0 Å². The van der Waals surface area contributed by atoms with Gasteiger partial charge >= 0.3 is 0 Å². The van der Waals surface area contributed by atoms with Gasteiger partial charge in [0.15, 0.2) is 5.54 Å². The zero-order valence-corrected chi connectivity index (χ0v) is 11.8. The van der Waals surface area contributed by atoms with E-state index in [1.54, 1.807) is 38.2 Å². The van der Waals surface area contributed by atoms with Crippen LogP contribution in [0.1, 0.15) is 6.42 Å². The van der Waals surface area contributed by atoms with E-state index in [1.165, 1.54) is 17.0 Å². The molecule has 0 spiro atoms. The molecule has 0 aliphatic carbocycles. The Bertz CT molecular complexity index is 547. The van der Waals surface area contributed by atoms with Gasteiger partial charge in [0.2, 0.25) is 0 Å². The summed E-state index contributed by atoms with van der Waals surface area (Å²) in [6.45, 7) is 0.502. The number of carbonyl (C=O) groups is 2. The molecule has 0 saturated carbocycles. The third kappa shape index (κ3) is 2.16.